The van der Waals surface area contributed by atoms with E-state index in [1.165, 1.54) is 11.3 Å². The van der Waals surface area contributed by atoms with E-state index in [1.54, 1.807) is 6.92 Å². The molecule has 0 spiro atoms. The zero-order chi connectivity index (χ0) is 18.7. The molecule has 0 aliphatic heterocycles. The number of anilines is 1. The van der Waals surface area contributed by atoms with Gasteiger partial charge in [-0.3, -0.25) is 10.1 Å². The first-order valence-corrected chi connectivity index (χ1v) is 9.36. The predicted octanol–water partition coefficient (Wildman–Crippen LogP) is 4.72. The summed E-state index contributed by atoms with van der Waals surface area (Å²) >= 11 is 1.42. The van der Waals surface area contributed by atoms with Crippen LogP contribution in [0.1, 0.15) is 25.0 Å². The lowest BCUT2D eigenvalue weighted by Crippen LogP contribution is -2.30. The molecule has 1 amide bonds. The molecule has 0 aliphatic carbocycles. The van der Waals surface area contributed by atoms with Gasteiger partial charge in [-0.05, 0) is 57.5 Å². The Balaban J connectivity index is 1.69. The number of rotatable bonds is 6. The molecule has 0 saturated heterocycles. The van der Waals surface area contributed by atoms with Crippen molar-refractivity contribution in [2.75, 3.05) is 11.9 Å². The molecule has 2 aromatic carbocycles. The average molecular weight is 370 g/mol. The smallest absolute Gasteiger partial charge is 0.266 e. The zero-order valence-electron chi connectivity index (χ0n) is 15.3. The quantitative estimate of drug-likeness (QED) is 0.682. The Morgan fingerprint density at radius 3 is 2.77 bits per heavy atom. The highest BCUT2D eigenvalue weighted by Crippen LogP contribution is 2.29. The Morgan fingerprint density at radius 1 is 1.23 bits per heavy atom. The summed E-state index contributed by atoms with van der Waals surface area (Å²) in [7, 11) is 0. The molecule has 1 heterocycles. The number of aryl methyl sites for hydroxylation is 2. The van der Waals surface area contributed by atoms with E-state index in [0.29, 0.717) is 17.5 Å². The summed E-state index contributed by atoms with van der Waals surface area (Å²) in [6.07, 6.45) is -0.623. The van der Waals surface area contributed by atoms with Crippen molar-refractivity contribution in [1.82, 2.24) is 4.98 Å². The van der Waals surface area contributed by atoms with Crippen molar-refractivity contribution < 1.29 is 14.3 Å². The minimum Gasteiger partial charge on any atom is -0.494 e. The van der Waals surface area contributed by atoms with Crippen LogP contribution in [0.15, 0.2) is 36.4 Å². The number of hydrogen-bond donors (Lipinski definition) is 1. The molecule has 0 unspecified atom stereocenters. The number of amides is 1. The van der Waals surface area contributed by atoms with E-state index in [1.807, 2.05) is 57.2 Å². The number of hydrogen-bond acceptors (Lipinski definition) is 5. The van der Waals surface area contributed by atoms with Gasteiger partial charge in [0.1, 0.15) is 11.5 Å². The largest absolute Gasteiger partial charge is 0.494 e. The van der Waals surface area contributed by atoms with Crippen LogP contribution >= 0.6 is 11.3 Å². The van der Waals surface area contributed by atoms with Gasteiger partial charge in [0, 0.05) is 0 Å². The van der Waals surface area contributed by atoms with Gasteiger partial charge in [-0.15, -0.1) is 0 Å². The van der Waals surface area contributed by atoms with E-state index in [2.05, 4.69) is 10.3 Å². The Morgan fingerprint density at radius 2 is 2.04 bits per heavy atom. The van der Waals surface area contributed by atoms with Crippen molar-refractivity contribution in [2.24, 2.45) is 0 Å². The lowest BCUT2D eigenvalue weighted by Gasteiger charge is -2.15. The van der Waals surface area contributed by atoms with Gasteiger partial charge in [0.2, 0.25) is 0 Å². The van der Waals surface area contributed by atoms with Crippen LogP contribution in [0.4, 0.5) is 5.13 Å². The van der Waals surface area contributed by atoms with Gasteiger partial charge in [0.25, 0.3) is 5.91 Å². The number of nitrogens with zero attached hydrogens (tertiary/aromatic N) is 1. The number of benzene rings is 2. The average Bonchev–Trinajstić information content (AvgIpc) is 2.99. The second kappa shape index (κ2) is 7.74. The molecular formula is C20H22N2O3S. The highest BCUT2D eigenvalue weighted by molar-refractivity contribution is 7.22. The van der Waals surface area contributed by atoms with Gasteiger partial charge in [0.05, 0.1) is 16.8 Å². The minimum atomic E-state index is -0.623. The van der Waals surface area contributed by atoms with Crippen molar-refractivity contribution in [3.63, 3.8) is 0 Å². The standard InChI is InChI=1S/C20H22N2O3S/c1-5-24-15-7-8-16-18(11-15)26-20(21-16)22-19(23)14(4)25-17-9-6-12(2)10-13(17)3/h6-11,14H,5H2,1-4H3,(H,21,22,23)/t14-/m1/s1. The summed E-state index contributed by atoms with van der Waals surface area (Å²) < 4.78 is 12.3. The lowest BCUT2D eigenvalue weighted by molar-refractivity contribution is -0.122. The van der Waals surface area contributed by atoms with Crippen LogP contribution in [0.2, 0.25) is 0 Å². The topological polar surface area (TPSA) is 60.5 Å². The van der Waals surface area contributed by atoms with Crippen LogP contribution in [-0.2, 0) is 4.79 Å². The van der Waals surface area contributed by atoms with Crippen molar-refractivity contribution >= 4 is 32.6 Å². The van der Waals surface area contributed by atoms with Crippen LogP contribution in [0.25, 0.3) is 10.2 Å². The first kappa shape index (κ1) is 18.2. The first-order chi connectivity index (χ1) is 12.5. The van der Waals surface area contributed by atoms with E-state index < -0.39 is 6.10 Å². The predicted molar refractivity (Wildman–Crippen MR) is 105 cm³/mol. The number of aromatic nitrogens is 1. The number of thiazole rings is 1. The van der Waals surface area contributed by atoms with Gasteiger partial charge < -0.3 is 9.47 Å². The molecule has 26 heavy (non-hydrogen) atoms. The molecule has 3 rings (SSSR count). The Bertz CT molecular complexity index is 936. The Kier molecular flexibility index (Phi) is 5.42. The summed E-state index contributed by atoms with van der Waals surface area (Å²) in [5.41, 5.74) is 3.00. The van der Waals surface area contributed by atoms with Gasteiger partial charge in [-0.1, -0.05) is 29.0 Å². The van der Waals surface area contributed by atoms with Crippen LogP contribution in [0.5, 0.6) is 11.5 Å². The summed E-state index contributed by atoms with van der Waals surface area (Å²) in [6.45, 7) is 8.28. The third kappa shape index (κ3) is 4.14. The minimum absolute atomic E-state index is 0.228. The molecule has 5 nitrogen and oxygen atoms in total. The molecule has 1 aromatic heterocycles. The number of nitrogens with one attached hydrogen (secondary N) is 1. The van der Waals surface area contributed by atoms with Gasteiger partial charge in [-0.2, -0.15) is 0 Å². The van der Waals surface area contributed by atoms with E-state index >= 15 is 0 Å². The molecule has 136 valence electrons. The fourth-order valence-electron chi connectivity index (χ4n) is 2.60. The van der Waals surface area contributed by atoms with E-state index in [0.717, 1.165) is 27.1 Å². The normalized spacial score (nSPS) is 12.0. The summed E-state index contributed by atoms with van der Waals surface area (Å²) in [6, 6.07) is 11.6. The Labute approximate surface area is 157 Å². The molecule has 1 atom stereocenters. The summed E-state index contributed by atoms with van der Waals surface area (Å²) in [5, 5.41) is 3.39. The number of carbonyl (C=O) groups is 1. The van der Waals surface area contributed by atoms with E-state index in [4.69, 9.17) is 9.47 Å². The monoisotopic (exact) mass is 370 g/mol. The summed E-state index contributed by atoms with van der Waals surface area (Å²) in [4.78, 5) is 16.9. The first-order valence-electron chi connectivity index (χ1n) is 8.54. The van der Waals surface area contributed by atoms with Crippen molar-refractivity contribution in [3.05, 3.63) is 47.5 Å². The maximum Gasteiger partial charge on any atom is 0.266 e. The maximum atomic E-state index is 12.4. The SMILES string of the molecule is CCOc1ccc2nc(NC(=O)[C@@H](C)Oc3ccc(C)cc3C)sc2c1. The molecule has 0 fully saturated rings. The highest BCUT2D eigenvalue weighted by atomic mass is 32.1. The highest BCUT2D eigenvalue weighted by Gasteiger charge is 2.17. The van der Waals surface area contributed by atoms with Gasteiger partial charge in [-0.25, -0.2) is 4.98 Å². The van der Waals surface area contributed by atoms with E-state index in [-0.39, 0.29) is 5.91 Å². The third-order valence-corrected chi connectivity index (χ3v) is 4.84. The number of carbonyl (C=O) groups excluding carboxylic acids is 1. The van der Waals surface area contributed by atoms with Crippen molar-refractivity contribution in [3.8, 4) is 11.5 Å². The number of ether oxygens (including phenoxy) is 2. The Hall–Kier alpha value is -2.60. The van der Waals surface area contributed by atoms with Crippen LogP contribution in [0.3, 0.4) is 0 Å². The fourth-order valence-corrected chi connectivity index (χ4v) is 3.49. The molecular weight excluding hydrogens is 348 g/mol. The molecule has 0 aliphatic rings. The van der Waals surface area contributed by atoms with Crippen molar-refractivity contribution in [2.45, 2.75) is 33.8 Å². The van der Waals surface area contributed by atoms with Gasteiger partial charge >= 0.3 is 0 Å². The maximum absolute atomic E-state index is 12.4. The summed E-state index contributed by atoms with van der Waals surface area (Å²) in [5.74, 6) is 1.28. The van der Waals surface area contributed by atoms with Crippen LogP contribution in [-0.4, -0.2) is 23.6 Å². The van der Waals surface area contributed by atoms with Gasteiger partial charge in [0.15, 0.2) is 11.2 Å². The fraction of sp³-hybridized carbons (Fsp3) is 0.300. The van der Waals surface area contributed by atoms with Crippen molar-refractivity contribution in [1.29, 1.82) is 0 Å². The van der Waals surface area contributed by atoms with E-state index in [9.17, 15) is 4.79 Å². The molecule has 0 saturated carbocycles. The van der Waals surface area contributed by atoms with Crippen LogP contribution < -0.4 is 14.8 Å². The molecule has 6 heteroatoms. The second-order valence-electron chi connectivity index (χ2n) is 6.10. The third-order valence-electron chi connectivity index (χ3n) is 3.90. The lowest BCUT2D eigenvalue weighted by atomic mass is 10.1. The number of fused-ring (bicyclic) bond motifs is 1. The molecule has 3 aromatic rings. The van der Waals surface area contributed by atoms with Crippen LogP contribution in [0, 0.1) is 13.8 Å². The molecule has 0 radical (unpaired) electrons. The molecule has 0 bridgehead atoms. The second-order valence-corrected chi connectivity index (χ2v) is 7.13. The zero-order valence-corrected chi connectivity index (χ0v) is 16.1. The molecule has 1 N–H and O–H groups in total.